The molecular weight excluding hydrogens is 446 g/mol. The largest absolute Gasteiger partial charge is 0.454 e. The normalized spacial score (nSPS) is 11.9. The van der Waals surface area contributed by atoms with Gasteiger partial charge in [0, 0.05) is 41.3 Å². The fraction of sp³-hybridized carbons (Fsp3) is 0.179. The number of hydrogen-bond donors (Lipinski definition) is 1. The van der Waals surface area contributed by atoms with Gasteiger partial charge < -0.3 is 10.1 Å². The molecule has 176 valence electrons. The van der Waals surface area contributed by atoms with Crippen molar-refractivity contribution in [1.82, 2.24) is 5.32 Å². The van der Waals surface area contributed by atoms with Gasteiger partial charge in [0.1, 0.15) is 0 Å². The molecule has 0 atom stereocenters. The molecule has 1 N–H and O–H groups in total. The Morgan fingerprint density at radius 3 is 2.14 bits per heavy atom. The van der Waals surface area contributed by atoms with Crippen molar-refractivity contribution in [2.45, 2.75) is 19.8 Å². The second-order valence-electron chi connectivity index (χ2n) is 8.21. The number of esters is 1. The summed E-state index contributed by atoms with van der Waals surface area (Å²) in [7, 11) is 0. The number of ether oxygens (including phenoxy) is 1. The number of fused-ring (bicyclic) bond motifs is 2. The van der Waals surface area contributed by atoms with Gasteiger partial charge in [-0.25, -0.2) is 4.79 Å². The zero-order valence-electron chi connectivity index (χ0n) is 19.1. The number of hydrogen-bond acceptors (Lipinski definition) is 6. The molecule has 35 heavy (non-hydrogen) atoms. The average molecular weight is 469 g/mol. The standard InChI is InChI=1S/C28H23NO6/c1-17(30)29-15-5-6-18-11-13-19(14-12-18)24(31)16-35-28(34)23-10-4-9-22-25(23)27(33)21-8-3-2-7-20(21)26(22)32/h2-4,7-14H,5-6,15-16H2,1H3,(H,29,30). The minimum Gasteiger partial charge on any atom is -0.454 e. The topological polar surface area (TPSA) is 107 Å². The molecule has 1 amide bonds. The molecule has 0 fully saturated rings. The van der Waals surface area contributed by atoms with Crippen molar-refractivity contribution in [3.8, 4) is 0 Å². The van der Waals surface area contributed by atoms with Crippen molar-refractivity contribution < 1.29 is 28.7 Å². The fourth-order valence-electron chi connectivity index (χ4n) is 4.02. The summed E-state index contributed by atoms with van der Waals surface area (Å²) in [5, 5.41) is 2.73. The van der Waals surface area contributed by atoms with Gasteiger partial charge in [-0.1, -0.05) is 60.7 Å². The smallest absolute Gasteiger partial charge is 0.339 e. The summed E-state index contributed by atoms with van der Waals surface area (Å²) >= 11 is 0. The van der Waals surface area contributed by atoms with Crippen LogP contribution in [0.3, 0.4) is 0 Å². The van der Waals surface area contributed by atoms with Crippen LogP contribution >= 0.6 is 0 Å². The summed E-state index contributed by atoms with van der Waals surface area (Å²) in [6.07, 6.45) is 1.52. The molecule has 0 spiro atoms. The lowest BCUT2D eigenvalue weighted by Crippen LogP contribution is -2.25. The number of carbonyl (C=O) groups excluding carboxylic acids is 5. The Balaban J connectivity index is 1.42. The maximum atomic E-state index is 13.1. The van der Waals surface area contributed by atoms with E-state index in [2.05, 4.69) is 5.32 Å². The van der Waals surface area contributed by atoms with E-state index >= 15 is 0 Å². The van der Waals surface area contributed by atoms with Crippen LogP contribution in [0.5, 0.6) is 0 Å². The highest BCUT2D eigenvalue weighted by Crippen LogP contribution is 2.29. The number of amides is 1. The number of nitrogens with one attached hydrogen (secondary N) is 1. The van der Waals surface area contributed by atoms with E-state index in [4.69, 9.17) is 4.74 Å². The molecule has 1 aliphatic rings. The zero-order valence-corrected chi connectivity index (χ0v) is 19.1. The van der Waals surface area contributed by atoms with Crippen LogP contribution in [-0.2, 0) is 16.0 Å². The Morgan fingerprint density at radius 2 is 1.46 bits per heavy atom. The first kappa shape index (κ1) is 23.8. The van der Waals surface area contributed by atoms with E-state index in [1.165, 1.54) is 25.1 Å². The number of benzene rings is 3. The van der Waals surface area contributed by atoms with E-state index in [0.717, 1.165) is 18.4 Å². The van der Waals surface area contributed by atoms with Gasteiger partial charge in [0.05, 0.1) is 5.56 Å². The Bertz CT molecular complexity index is 1340. The van der Waals surface area contributed by atoms with Crippen LogP contribution in [0, 0.1) is 0 Å². The monoisotopic (exact) mass is 469 g/mol. The SMILES string of the molecule is CC(=O)NCCCc1ccc(C(=O)COC(=O)c2cccc3c2C(=O)c2ccccc2C3=O)cc1. The Kier molecular flexibility index (Phi) is 6.96. The van der Waals surface area contributed by atoms with E-state index in [-0.39, 0.29) is 39.7 Å². The molecule has 4 rings (SSSR count). The summed E-state index contributed by atoms with van der Waals surface area (Å²) in [6.45, 7) is 1.55. The quantitative estimate of drug-likeness (QED) is 0.240. The summed E-state index contributed by atoms with van der Waals surface area (Å²) in [6, 6.07) is 17.9. The van der Waals surface area contributed by atoms with Crippen molar-refractivity contribution in [2.75, 3.05) is 13.2 Å². The van der Waals surface area contributed by atoms with Crippen molar-refractivity contribution in [3.05, 3.63) is 106 Å². The number of Topliss-reactive ketones (excluding diaryl/α,β-unsaturated/α-hetero) is 1. The van der Waals surface area contributed by atoms with Crippen molar-refractivity contribution in [3.63, 3.8) is 0 Å². The first-order valence-corrected chi connectivity index (χ1v) is 11.2. The van der Waals surface area contributed by atoms with Gasteiger partial charge in [0.15, 0.2) is 24.0 Å². The molecule has 0 aromatic heterocycles. The molecule has 3 aromatic carbocycles. The highest BCUT2D eigenvalue weighted by Gasteiger charge is 2.33. The van der Waals surface area contributed by atoms with Gasteiger partial charge in [-0.2, -0.15) is 0 Å². The van der Waals surface area contributed by atoms with Crippen LogP contribution in [0.25, 0.3) is 0 Å². The third-order valence-electron chi connectivity index (χ3n) is 5.80. The Hall–Kier alpha value is -4.39. The third kappa shape index (κ3) is 5.09. The van der Waals surface area contributed by atoms with Gasteiger partial charge in [-0.3, -0.25) is 19.2 Å². The lowest BCUT2D eigenvalue weighted by Gasteiger charge is -2.19. The van der Waals surface area contributed by atoms with E-state index in [1.807, 2.05) is 12.1 Å². The van der Waals surface area contributed by atoms with Crippen molar-refractivity contribution in [1.29, 1.82) is 0 Å². The lowest BCUT2D eigenvalue weighted by molar-refractivity contribution is -0.118. The highest BCUT2D eigenvalue weighted by molar-refractivity contribution is 6.30. The van der Waals surface area contributed by atoms with Gasteiger partial charge in [-0.15, -0.1) is 0 Å². The highest BCUT2D eigenvalue weighted by atomic mass is 16.5. The second kappa shape index (κ2) is 10.3. The average Bonchev–Trinajstić information content (AvgIpc) is 2.88. The van der Waals surface area contributed by atoms with Gasteiger partial charge >= 0.3 is 5.97 Å². The van der Waals surface area contributed by atoms with Gasteiger partial charge in [0.2, 0.25) is 5.91 Å². The molecule has 0 unspecified atom stereocenters. The number of carbonyl (C=O) groups is 5. The molecule has 0 aliphatic heterocycles. The maximum Gasteiger partial charge on any atom is 0.339 e. The van der Waals surface area contributed by atoms with Crippen LogP contribution in [-0.4, -0.2) is 42.4 Å². The summed E-state index contributed by atoms with van der Waals surface area (Å²) < 4.78 is 5.22. The van der Waals surface area contributed by atoms with Crippen LogP contribution in [0.4, 0.5) is 0 Å². The zero-order chi connectivity index (χ0) is 24.9. The van der Waals surface area contributed by atoms with Crippen molar-refractivity contribution >= 4 is 29.2 Å². The molecule has 0 radical (unpaired) electrons. The summed E-state index contributed by atoms with van der Waals surface area (Å²) in [5.41, 5.74) is 2.03. The van der Waals surface area contributed by atoms with Crippen LogP contribution in [0.15, 0.2) is 66.7 Å². The van der Waals surface area contributed by atoms with Crippen LogP contribution in [0.2, 0.25) is 0 Å². The molecule has 0 bridgehead atoms. The van der Waals surface area contributed by atoms with Gasteiger partial charge in [0.25, 0.3) is 0 Å². The summed E-state index contributed by atoms with van der Waals surface area (Å²) in [5.74, 6) is -2.07. The minimum atomic E-state index is -0.842. The van der Waals surface area contributed by atoms with E-state index < -0.39 is 18.4 Å². The van der Waals surface area contributed by atoms with Gasteiger partial charge in [-0.05, 0) is 24.5 Å². The first-order chi connectivity index (χ1) is 16.9. The lowest BCUT2D eigenvalue weighted by atomic mass is 9.82. The minimum absolute atomic E-state index is 0.00253. The van der Waals surface area contributed by atoms with Crippen LogP contribution in [0.1, 0.15) is 71.5 Å². The molecule has 7 nitrogen and oxygen atoms in total. The van der Waals surface area contributed by atoms with E-state index in [0.29, 0.717) is 17.7 Å². The Labute approximate surface area is 202 Å². The fourth-order valence-corrected chi connectivity index (χ4v) is 4.02. The maximum absolute atomic E-state index is 13.1. The molecule has 0 saturated heterocycles. The predicted octanol–water partition coefficient (Wildman–Crippen LogP) is 3.57. The molecule has 0 heterocycles. The number of ketones is 3. The Morgan fingerprint density at radius 1 is 0.800 bits per heavy atom. The predicted molar refractivity (Wildman–Crippen MR) is 128 cm³/mol. The molecule has 3 aromatic rings. The van der Waals surface area contributed by atoms with Crippen LogP contribution < -0.4 is 5.32 Å². The van der Waals surface area contributed by atoms with E-state index in [9.17, 15) is 24.0 Å². The first-order valence-electron chi connectivity index (χ1n) is 11.2. The number of aryl methyl sites for hydroxylation is 1. The van der Waals surface area contributed by atoms with Crippen molar-refractivity contribution in [2.24, 2.45) is 0 Å². The molecule has 7 heteroatoms. The second-order valence-corrected chi connectivity index (χ2v) is 8.21. The molecule has 1 aliphatic carbocycles. The molecule has 0 saturated carbocycles. The summed E-state index contributed by atoms with van der Waals surface area (Å²) in [4.78, 5) is 62.1. The third-order valence-corrected chi connectivity index (χ3v) is 5.80. The number of rotatable bonds is 8. The molecular formula is C28H23NO6. The van der Waals surface area contributed by atoms with E-state index in [1.54, 1.807) is 36.4 Å².